The Bertz CT molecular complexity index is 1590. The van der Waals surface area contributed by atoms with Crippen molar-refractivity contribution in [3.63, 3.8) is 0 Å². The quantitative estimate of drug-likeness (QED) is 0.151. The number of rotatable bonds is 14. The lowest BCUT2D eigenvalue weighted by molar-refractivity contribution is -0.201. The van der Waals surface area contributed by atoms with E-state index in [1.165, 1.54) is 54.2 Å². The number of hydrogen-bond donors (Lipinski definition) is 1. The third-order valence-electron chi connectivity index (χ3n) is 11.0. The Morgan fingerprint density at radius 3 is 1.84 bits per heavy atom. The molecule has 2 rings (SSSR count). The molecule has 0 saturated heterocycles. The van der Waals surface area contributed by atoms with E-state index in [4.69, 9.17) is 21.7 Å². The van der Waals surface area contributed by atoms with Crippen LogP contribution < -0.4 is 0 Å². The van der Waals surface area contributed by atoms with Gasteiger partial charge in [-0.3, -0.25) is 9.59 Å². The predicted octanol–water partition coefficient (Wildman–Crippen LogP) is 10.4. The molecule has 0 aliphatic rings. The maximum absolute atomic E-state index is 14.8. The van der Waals surface area contributed by atoms with E-state index in [-0.39, 0.29) is 17.2 Å². The van der Waals surface area contributed by atoms with Crippen LogP contribution in [0.3, 0.4) is 0 Å². The molecule has 2 aromatic carbocycles. The number of carboxylic acid groups (broad SMARTS) is 1. The standard InChI is InChI=1S/C39H56F2O6S3/c1-15-46-32(48)49-37(11,12)39(14,30(42)43)36(9,10)35(7,8)38(13,31(44)47-33(2,3)4)24-34(5,6)23-25-22-27(41)18-21-29(25)50(45)28-19-16-26(40)17-20-28/h16-22H,15,23-24H2,1-14H3,(H,42,43). The molecule has 1 N–H and O–H groups in total. The van der Waals surface area contributed by atoms with Crippen molar-refractivity contribution in [2.75, 3.05) is 6.61 Å². The SMILES string of the molecule is CCOC(=S)SC(C)(C)C(C)(C(=O)O)C(C)(C)C(C)(C)C(C)(CC(C)(C)Cc1cc(F)ccc1S(=O)c1ccc(F)cc1)C(=O)OC(C)(C)C. The van der Waals surface area contributed by atoms with E-state index >= 15 is 0 Å². The molecule has 0 amide bonds. The summed E-state index contributed by atoms with van der Waals surface area (Å²) in [5.74, 6) is -2.51. The van der Waals surface area contributed by atoms with Crippen LogP contribution in [0.15, 0.2) is 52.3 Å². The first-order valence-electron chi connectivity index (χ1n) is 16.8. The highest BCUT2D eigenvalue weighted by Gasteiger charge is 2.68. The van der Waals surface area contributed by atoms with E-state index in [2.05, 4.69) is 0 Å². The van der Waals surface area contributed by atoms with Gasteiger partial charge in [0.25, 0.3) is 0 Å². The van der Waals surface area contributed by atoms with Gasteiger partial charge in [-0.2, -0.15) is 0 Å². The first kappa shape index (κ1) is 43.8. The minimum Gasteiger partial charge on any atom is -0.481 e. The molecule has 3 unspecified atom stereocenters. The first-order chi connectivity index (χ1) is 22.5. The zero-order chi connectivity index (χ0) is 38.9. The largest absolute Gasteiger partial charge is 0.481 e. The van der Waals surface area contributed by atoms with Gasteiger partial charge in [0.05, 0.1) is 28.2 Å². The number of thiocarbonyl (C=S) groups is 1. The van der Waals surface area contributed by atoms with E-state index in [1.54, 1.807) is 27.7 Å². The number of benzene rings is 2. The Balaban J connectivity index is 2.78. The lowest BCUT2D eigenvalue weighted by Gasteiger charge is -2.62. The number of carbonyl (C=O) groups excluding carboxylic acids is 1. The number of halogens is 2. The summed E-state index contributed by atoms with van der Waals surface area (Å²) in [6, 6.07) is 9.40. The molecule has 0 aromatic heterocycles. The van der Waals surface area contributed by atoms with Crippen molar-refractivity contribution in [3.05, 3.63) is 59.7 Å². The van der Waals surface area contributed by atoms with Gasteiger partial charge in [-0.25, -0.2) is 13.0 Å². The number of thioether (sulfide) groups is 1. The van der Waals surface area contributed by atoms with Crippen LogP contribution in [-0.2, 0) is 36.3 Å². The predicted molar refractivity (Wildman–Crippen MR) is 203 cm³/mol. The fourth-order valence-electron chi connectivity index (χ4n) is 7.08. The van der Waals surface area contributed by atoms with E-state index in [9.17, 15) is 27.7 Å². The van der Waals surface area contributed by atoms with Gasteiger partial charge in [0, 0.05) is 14.5 Å². The molecule has 0 fully saturated rings. The highest BCUT2D eigenvalue weighted by molar-refractivity contribution is 8.23. The molecule has 280 valence electrons. The van der Waals surface area contributed by atoms with Crippen LogP contribution >= 0.6 is 24.0 Å². The summed E-state index contributed by atoms with van der Waals surface area (Å²) in [6.45, 7) is 26.2. The van der Waals surface area contributed by atoms with Gasteiger partial charge in [-0.15, -0.1) is 0 Å². The van der Waals surface area contributed by atoms with E-state index in [0.717, 1.165) is 0 Å². The minimum absolute atomic E-state index is 0.200. The fourth-order valence-corrected chi connectivity index (χ4v) is 10.2. The second-order valence-electron chi connectivity index (χ2n) is 16.8. The molecule has 50 heavy (non-hydrogen) atoms. The number of carboxylic acids is 1. The van der Waals surface area contributed by atoms with Gasteiger partial charge in [-0.1, -0.05) is 53.3 Å². The Morgan fingerprint density at radius 2 is 1.36 bits per heavy atom. The van der Waals surface area contributed by atoms with Crippen molar-refractivity contribution in [2.24, 2.45) is 27.1 Å². The second kappa shape index (κ2) is 15.3. The van der Waals surface area contributed by atoms with Gasteiger partial charge in [0.15, 0.2) is 0 Å². The van der Waals surface area contributed by atoms with Gasteiger partial charge in [0.2, 0.25) is 4.38 Å². The summed E-state index contributed by atoms with van der Waals surface area (Å²) >= 11 is 6.65. The second-order valence-corrected chi connectivity index (χ2v) is 20.5. The molecular weight excluding hydrogens is 699 g/mol. The van der Waals surface area contributed by atoms with Gasteiger partial charge < -0.3 is 14.6 Å². The third-order valence-corrected chi connectivity index (χ3v) is 14.1. The van der Waals surface area contributed by atoms with Gasteiger partial charge in [-0.05, 0) is 145 Å². The molecule has 2 aromatic rings. The molecule has 0 aliphatic carbocycles. The number of aliphatic carboxylic acids is 1. The summed E-state index contributed by atoms with van der Waals surface area (Å²) in [7, 11) is -1.73. The summed E-state index contributed by atoms with van der Waals surface area (Å²) in [6.07, 6.45) is 0.424. The Labute approximate surface area is 310 Å². The number of ether oxygens (including phenoxy) is 2. The lowest BCUT2D eigenvalue weighted by atomic mass is 9.42. The molecule has 0 spiro atoms. The van der Waals surface area contributed by atoms with Crippen molar-refractivity contribution in [3.8, 4) is 0 Å². The molecule has 0 saturated carbocycles. The lowest BCUT2D eigenvalue weighted by Crippen LogP contribution is -2.65. The minimum atomic E-state index is -1.73. The van der Waals surface area contributed by atoms with Crippen LogP contribution in [-0.4, -0.2) is 42.6 Å². The van der Waals surface area contributed by atoms with Gasteiger partial charge >= 0.3 is 11.9 Å². The third kappa shape index (κ3) is 8.98. The normalized spacial score (nSPS) is 16.2. The van der Waals surface area contributed by atoms with Crippen LogP contribution in [0, 0.1) is 38.7 Å². The average Bonchev–Trinajstić information content (AvgIpc) is 2.94. The fraction of sp³-hybridized carbons (Fsp3) is 0.615. The molecular formula is C39H56F2O6S3. The molecule has 6 nitrogen and oxygen atoms in total. The number of carbonyl (C=O) groups is 2. The maximum Gasteiger partial charge on any atom is 0.312 e. The first-order valence-corrected chi connectivity index (χ1v) is 19.2. The van der Waals surface area contributed by atoms with Crippen LogP contribution in [0.5, 0.6) is 0 Å². The molecule has 3 atom stereocenters. The van der Waals surface area contributed by atoms with E-state index < -0.39 is 71.8 Å². The molecule has 0 bridgehead atoms. The molecule has 0 aliphatic heterocycles. The Morgan fingerprint density at radius 1 is 0.840 bits per heavy atom. The van der Waals surface area contributed by atoms with E-state index in [1.807, 2.05) is 69.2 Å². The zero-order valence-electron chi connectivity index (χ0n) is 32.1. The summed E-state index contributed by atoms with van der Waals surface area (Å²) in [4.78, 5) is 28.9. The highest BCUT2D eigenvalue weighted by Crippen LogP contribution is 2.66. The topological polar surface area (TPSA) is 89.9 Å². The number of hydrogen-bond acceptors (Lipinski definition) is 7. The monoisotopic (exact) mass is 754 g/mol. The van der Waals surface area contributed by atoms with Crippen LogP contribution in [0.2, 0.25) is 0 Å². The summed E-state index contributed by atoms with van der Waals surface area (Å²) in [5.41, 5.74) is -6.08. The Kier molecular flexibility index (Phi) is 13.4. The van der Waals surface area contributed by atoms with Crippen molar-refractivity contribution in [1.29, 1.82) is 0 Å². The van der Waals surface area contributed by atoms with Crippen molar-refractivity contribution < 1.29 is 37.2 Å². The van der Waals surface area contributed by atoms with Gasteiger partial charge in [0.1, 0.15) is 17.2 Å². The molecule has 0 radical (unpaired) electrons. The number of esters is 1. The summed E-state index contributed by atoms with van der Waals surface area (Å²) in [5, 5.41) is 11.0. The average molecular weight is 755 g/mol. The summed E-state index contributed by atoms with van der Waals surface area (Å²) < 4.78 is 53.1. The Hall–Kier alpha value is -2.37. The van der Waals surface area contributed by atoms with Crippen molar-refractivity contribution in [2.45, 2.75) is 130 Å². The van der Waals surface area contributed by atoms with Crippen LogP contribution in [0.4, 0.5) is 8.78 Å². The molecule has 11 heteroatoms. The smallest absolute Gasteiger partial charge is 0.312 e. The van der Waals surface area contributed by atoms with Crippen LogP contribution in [0.25, 0.3) is 0 Å². The van der Waals surface area contributed by atoms with Crippen LogP contribution in [0.1, 0.15) is 109 Å². The maximum atomic E-state index is 14.8. The highest BCUT2D eigenvalue weighted by atomic mass is 32.2. The van der Waals surface area contributed by atoms with Crippen molar-refractivity contribution >= 4 is 51.1 Å². The molecule has 0 heterocycles. The zero-order valence-corrected chi connectivity index (χ0v) is 34.6. The van der Waals surface area contributed by atoms with E-state index in [0.29, 0.717) is 22.0 Å². The van der Waals surface area contributed by atoms with Crippen molar-refractivity contribution in [1.82, 2.24) is 0 Å².